The van der Waals surface area contributed by atoms with Gasteiger partial charge in [-0.3, -0.25) is 0 Å². The molecule has 0 aliphatic rings. The number of fused-ring (bicyclic) bond motifs is 16. The van der Waals surface area contributed by atoms with E-state index in [1.54, 1.807) is 0 Å². The van der Waals surface area contributed by atoms with E-state index < -0.39 is 0 Å². The number of rotatable bonds is 2. The minimum atomic E-state index is 1.17. The quantitative estimate of drug-likeness (QED) is 0.164. The Bertz CT molecular complexity index is 3610. The molecule has 0 unspecified atom stereocenters. The zero-order valence-corrected chi connectivity index (χ0v) is 28.0. The number of para-hydroxylation sites is 6. The summed E-state index contributed by atoms with van der Waals surface area (Å²) in [7, 11) is 0. The molecule has 0 saturated carbocycles. The van der Waals surface area contributed by atoms with Crippen LogP contribution in [0.15, 0.2) is 170 Å². The second-order valence-corrected chi connectivity index (χ2v) is 14.1. The number of hydrogen-bond donors (Lipinski definition) is 0. The summed E-state index contributed by atoms with van der Waals surface area (Å²) in [6, 6.07) is 62.5. The normalized spacial score (nSPS) is 12.6. The van der Waals surface area contributed by atoms with Crippen LogP contribution in [0.2, 0.25) is 0 Å². The molecule has 0 amide bonds. The largest absolute Gasteiger partial charge is 0.309 e. The predicted octanol–water partition coefficient (Wildman–Crippen LogP) is 12.4. The Morgan fingerprint density at radius 2 is 0.769 bits per heavy atom. The zero-order chi connectivity index (χ0) is 33.7. The van der Waals surface area contributed by atoms with Crippen LogP contribution in [0.3, 0.4) is 0 Å². The molecule has 0 aliphatic carbocycles. The lowest BCUT2D eigenvalue weighted by Gasteiger charge is -2.13. The molecule has 4 nitrogen and oxygen atoms in total. The third-order valence-electron chi connectivity index (χ3n) is 11.6. The molecule has 0 aliphatic heterocycles. The van der Waals surface area contributed by atoms with Crippen LogP contribution in [0, 0.1) is 0 Å². The predicted molar refractivity (Wildman–Crippen MR) is 218 cm³/mol. The molecule has 0 radical (unpaired) electrons. The number of benzene rings is 8. The van der Waals surface area contributed by atoms with Crippen LogP contribution in [0.1, 0.15) is 0 Å². The summed E-state index contributed by atoms with van der Waals surface area (Å²) < 4.78 is 10.1. The maximum absolute atomic E-state index is 2.57. The second kappa shape index (κ2) is 9.39. The molecule has 0 bridgehead atoms. The van der Waals surface area contributed by atoms with Crippen molar-refractivity contribution in [2.45, 2.75) is 0 Å². The van der Waals surface area contributed by atoms with Gasteiger partial charge in [0.15, 0.2) is 0 Å². The first-order chi connectivity index (χ1) is 25.9. The molecule has 5 heterocycles. The van der Waals surface area contributed by atoms with Gasteiger partial charge >= 0.3 is 0 Å². The van der Waals surface area contributed by atoms with Crippen molar-refractivity contribution >= 4 is 98.3 Å². The SMILES string of the molecule is c1ccc(-n2c3ccccc3c3ccc4c(c5cccc6c5n4c4cc5c7ccccc7n(-c7ccccc7)c5c5c7ccccc7n6c54)c32)cc1. The molecule has 0 spiro atoms. The Labute approximate surface area is 296 Å². The van der Waals surface area contributed by atoms with Crippen LogP contribution in [0.4, 0.5) is 0 Å². The van der Waals surface area contributed by atoms with Crippen molar-refractivity contribution in [1.29, 1.82) is 0 Å². The molecule has 0 N–H and O–H groups in total. The Kier molecular flexibility index (Phi) is 4.83. The van der Waals surface area contributed by atoms with Gasteiger partial charge in [-0.1, -0.05) is 109 Å². The Balaban J connectivity index is 1.35. The summed E-state index contributed by atoms with van der Waals surface area (Å²) in [6.45, 7) is 0. The highest BCUT2D eigenvalue weighted by Gasteiger charge is 2.27. The summed E-state index contributed by atoms with van der Waals surface area (Å²) in [4.78, 5) is 0. The summed E-state index contributed by atoms with van der Waals surface area (Å²) in [6.07, 6.45) is 0. The van der Waals surface area contributed by atoms with Gasteiger partial charge in [0.25, 0.3) is 0 Å². The first kappa shape index (κ1) is 26.8. The summed E-state index contributed by atoms with van der Waals surface area (Å²) in [5.41, 5.74) is 14.6. The smallest absolute Gasteiger partial charge is 0.0804 e. The highest BCUT2D eigenvalue weighted by molar-refractivity contribution is 6.33. The average molecular weight is 661 g/mol. The van der Waals surface area contributed by atoms with Crippen molar-refractivity contribution in [3.05, 3.63) is 170 Å². The first-order valence-corrected chi connectivity index (χ1v) is 18.0. The monoisotopic (exact) mass is 660 g/mol. The van der Waals surface area contributed by atoms with Crippen molar-refractivity contribution < 1.29 is 0 Å². The van der Waals surface area contributed by atoms with Crippen LogP contribution in [-0.2, 0) is 0 Å². The molecule has 52 heavy (non-hydrogen) atoms. The lowest BCUT2D eigenvalue weighted by atomic mass is 10.1. The van der Waals surface area contributed by atoms with Gasteiger partial charge in [-0.05, 0) is 60.7 Å². The fraction of sp³-hybridized carbons (Fsp3) is 0. The topological polar surface area (TPSA) is 18.7 Å². The van der Waals surface area contributed by atoms with Crippen LogP contribution in [0.5, 0.6) is 0 Å². The third-order valence-corrected chi connectivity index (χ3v) is 11.6. The molecule has 13 rings (SSSR count). The highest BCUT2D eigenvalue weighted by Crippen LogP contribution is 2.48. The van der Waals surface area contributed by atoms with E-state index in [0.717, 1.165) is 0 Å². The molecule has 13 aromatic rings. The summed E-state index contributed by atoms with van der Waals surface area (Å²) in [5, 5.41) is 10.2. The molecule has 4 heteroatoms. The van der Waals surface area contributed by atoms with Crippen molar-refractivity contribution in [2.75, 3.05) is 0 Å². The van der Waals surface area contributed by atoms with E-state index in [2.05, 4.69) is 188 Å². The number of nitrogens with zero attached hydrogens (tertiary/aromatic N) is 4. The van der Waals surface area contributed by atoms with E-state index >= 15 is 0 Å². The van der Waals surface area contributed by atoms with Crippen molar-refractivity contribution in [1.82, 2.24) is 17.9 Å². The van der Waals surface area contributed by atoms with E-state index in [0.29, 0.717) is 0 Å². The van der Waals surface area contributed by atoms with E-state index in [-0.39, 0.29) is 0 Å². The van der Waals surface area contributed by atoms with Gasteiger partial charge in [-0.25, -0.2) is 0 Å². The Hall–Kier alpha value is -7.04. The van der Waals surface area contributed by atoms with Gasteiger partial charge in [0.05, 0.1) is 55.2 Å². The van der Waals surface area contributed by atoms with Gasteiger partial charge in [-0.2, -0.15) is 0 Å². The maximum atomic E-state index is 2.57. The van der Waals surface area contributed by atoms with Gasteiger partial charge < -0.3 is 17.9 Å². The Morgan fingerprint density at radius 1 is 0.250 bits per heavy atom. The molecule has 0 atom stereocenters. The Morgan fingerprint density at radius 3 is 1.46 bits per heavy atom. The van der Waals surface area contributed by atoms with Crippen LogP contribution in [0.25, 0.3) is 110 Å². The lowest BCUT2D eigenvalue weighted by Crippen LogP contribution is -1.98. The maximum Gasteiger partial charge on any atom is 0.0804 e. The molecule has 5 aromatic heterocycles. The third kappa shape index (κ3) is 3.07. The van der Waals surface area contributed by atoms with E-state index in [9.17, 15) is 0 Å². The fourth-order valence-electron chi connectivity index (χ4n) is 9.71. The molecular formula is C48H28N4. The molecule has 0 saturated heterocycles. The zero-order valence-electron chi connectivity index (χ0n) is 28.0. The van der Waals surface area contributed by atoms with E-state index in [1.807, 2.05) is 0 Å². The average Bonchev–Trinajstić information content (AvgIpc) is 3.93. The second-order valence-electron chi connectivity index (χ2n) is 14.1. The van der Waals surface area contributed by atoms with E-state index in [4.69, 9.17) is 0 Å². The molecule has 8 aromatic carbocycles. The summed E-state index contributed by atoms with van der Waals surface area (Å²) >= 11 is 0. The van der Waals surface area contributed by atoms with Crippen LogP contribution < -0.4 is 0 Å². The number of hydrogen-bond acceptors (Lipinski definition) is 0. The number of aromatic nitrogens is 4. The van der Waals surface area contributed by atoms with Crippen molar-refractivity contribution in [3.63, 3.8) is 0 Å². The van der Waals surface area contributed by atoms with Gasteiger partial charge in [0.1, 0.15) is 0 Å². The van der Waals surface area contributed by atoms with Crippen molar-refractivity contribution in [2.24, 2.45) is 0 Å². The summed E-state index contributed by atoms with van der Waals surface area (Å²) in [5.74, 6) is 0. The first-order valence-electron chi connectivity index (χ1n) is 18.0. The van der Waals surface area contributed by atoms with Gasteiger partial charge in [0.2, 0.25) is 0 Å². The van der Waals surface area contributed by atoms with E-state index in [1.165, 1.54) is 110 Å². The van der Waals surface area contributed by atoms with Crippen LogP contribution in [-0.4, -0.2) is 17.9 Å². The van der Waals surface area contributed by atoms with Gasteiger partial charge in [-0.15, -0.1) is 0 Å². The van der Waals surface area contributed by atoms with Crippen LogP contribution >= 0.6 is 0 Å². The minimum absolute atomic E-state index is 1.17. The fourth-order valence-corrected chi connectivity index (χ4v) is 9.71. The van der Waals surface area contributed by atoms with Crippen molar-refractivity contribution in [3.8, 4) is 11.4 Å². The standard InChI is InChI=1S/C48H28N4/c1-3-14-29(15-4-1)49-37-22-10-7-18-31(37)33-26-27-40-43(46(33)49)35-21-13-25-41-45(35)52(40)42-28-36-32-19-8-11-23-38(32)50(30-16-5-2-6-17-30)47(36)44-34-20-9-12-24-39(34)51(41)48(42)44/h1-28H. The lowest BCUT2D eigenvalue weighted by molar-refractivity contribution is 1.18. The minimum Gasteiger partial charge on any atom is -0.309 e. The molecular weight excluding hydrogens is 633 g/mol. The molecule has 240 valence electrons. The molecule has 0 fully saturated rings. The van der Waals surface area contributed by atoms with Gasteiger partial charge in [0, 0.05) is 54.5 Å². The highest BCUT2D eigenvalue weighted by atomic mass is 15.0.